The van der Waals surface area contributed by atoms with E-state index in [1.54, 1.807) is 23.2 Å². The quantitative estimate of drug-likeness (QED) is 0.509. The molecule has 0 saturated carbocycles. The summed E-state index contributed by atoms with van der Waals surface area (Å²) < 4.78 is 20.0. The number of fused-ring (bicyclic) bond motifs is 1. The number of nitrogens with one attached hydrogen (secondary N) is 1. The van der Waals surface area contributed by atoms with E-state index in [0.717, 1.165) is 16.8 Å². The Balaban J connectivity index is 1.70. The van der Waals surface area contributed by atoms with Crippen molar-refractivity contribution in [2.45, 2.75) is 26.4 Å². The van der Waals surface area contributed by atoms with Gasteiger partial charge in [-0.25, -0.2) is 9.18 Å². The maximum atomic E-state index is 14.5. The first-order chi connectivity index (χ1) is 16.1. The van der Waals surface area contributed by atoms with E-state index in [9.17, 15) is 14.3 Å². The van der Waals surface area contributed by atoms with Gasteiger partial charge in [-0.3, -0.25) is 4.98 Å². The fourth-order valence-corrected chi connectivity index (χ4v) is 4.39. The lowest BCUT2D eigenvalue weighted by Crippen LogP contribution is -2.50. The molecule has 0 aliphatic carbocycles. The summed E-state index contributed by atoms with van der Waals surface area (Å²) in [5.74, 6) is -0.752. The zero-order valence-corrected chi connectivity index (χ0v) is 20.4. The number of halogens is 2. The fraction of sp³-hybridized carbons (Fsp3) is 0.360. The number of aromatic nitrogens is 1. The Bertz CT molecular complexity index is 1220. The number of phenols is 1. The summed E-state index contributed by atoms with van der Waals surface area (Å²) in [5.41, 5.74) is 2.20. The van der Waals surface area contributed by atoms with Crippen LogP contribution in [0.5, 0.6) is 5.75 Å². The van der Waals surface area contributed by atoms with Crippen LogP contribution in [0, 0.1) is 5.82 Å². The number of nitrogens with zero attached hydrogens (tertiary/aromatic N) is 3. The van der Waals surface area contributed by atoms with Gasteiger partial charge >= 0.3 is 6.09 Å². The van der Waals surface area contributed by atoms with E-state index >= 15 is 0 Å². The van der Waals surface area contributed by atoms with Crippen LogP contribution < -0.4 is 10.2 Å². The number of piperazine rings is 1. The summed E-state index contributed by atoms with van der Waals surface area (Å²) >= 11 is 6.60. The van der Waals surface area contributed by atoms with Gasteiger partial charge in [-0.15, -0.1) is 0 Å². The van der Waals surface area contributed by atoms with Crippen LogP contribution >= 0.6 is 11.6 Å². The second kappa shape index (κ2) is 9.18. The molecule has 1 saturated heterocycles. The lowest BCUT2D eigenvalue weighted by Gasteiger charge is -2.37. The maximum Gasteiger partial charge on any atom is 0.410 e. The fourth-order valence-electron chi connectivity index (χ4n) is 4.13. The molecule has 1 aliphatic heterocycles. The first kappa shape index (κ1) is 23.9. The predicted molar refractivity (Wildman–Crippen MR) is 133 cm³/mol. The predicted octanol–water partition coefficient (Wildman–Crippen LogP) is 5.50. The highest BCUT2D eigenvalue weighted by Gasteiger charge is 2.28. The van der Waals surface area contributed by atoms with Gasteiger partial charge < -0.3 is 25.0 Å². The van der Waals surface area contributed by atoms with E-state index in [-0.39, 0.29) is 17.4 Å². The van der Waals surface area contributed by atoms with Gasteiger partial charge in [-0.1, -0.05) is 17.7 Å². The summed E-state index contributed by atoms with van der Waals surface area (Å²) in [6, 6.07) is 7.58. The van der Waals surface area contributed by atoms with Crippen LogP contribution in [0.25, 0.3) is 22.0 Å². The molecule has 2 N–H and O–H groups in total. The van der Waals surface area contributed by atoms with Gasteiger partial charge in [0.25, 0.3) is 0 Å². The number of hydrogen-bond acceptors (Lipinski definition) is 6. The van der Waals surface area contributed by atoms with Gasteiger partial charge in [0, 0.05) is 49.2 Å². The summed E-state index contributed by atoms with van der Waals surface area (Å²) in [6.07, 6.45) is 1.40. The number of anilines is 2. The highest BCUT2D eigenvalue weighted by molar-refractivity contribution is 6.34. The van der Waals surface area contributed by atoms with Crippen LogP contribution in [0.1, 0.15) is 20.8 Å². The molecule has 2 aromatic carbocycles. The molecular formula is C25H28ClFN4O3. The average Bonchev–Trinajstić information content (AvgIpc) is 2.77. The highest BCUT2D eigenvalue weighted by Crippen LogP contribution is 2.42. The van der Waals surface area contributed by atoms with Crippen molar-refractivity contribution >= 4 is 40.0 Å². The van der Waals surface area contributed by atoms with Crippen LogP contribution in [0.15, 0.2) is 36.5 Å². The second-order valence-electron chi connectivity index (χ2n) is 9.21. The number of rotatable bonds is 3. The molecule has 4 rings (SSSR count). The molecule has 0 atom stereocenters. The van der Waals surface area contributed by atoms with E-state index in [1.165, 1.54) is 18.2 Å². The first-order valence-corrected chi connectivity index (χ1v) is 11.5. The Morgan fingerprint density at radius 3 is 2.53 bits per heavy atom. The number of carbonyl (C=O) groups is 1. The van der Waals surface area contributed by atoms with E-state index < -0.39 is 11.4 Å². The van der Waals surface area contributed by atoms with Crippen LogP contribution in [0.2, 0.25) is 5.02 Å². The van der Waals surface area contributed by atoms with E-state index in [1.807, 2.05) is 27.8 Å². The minimum atomic E-state index is -0.563. The molecule has 1 aliphatic rings. The van der Waals surface area contributed by atoms with E-state index in [4.69, 9.17) is 16.3 Å². The Kier molecular flexibility index (Phi) is 6.45. The SMILES string of the molecule is CNc1cnc2cc(-c3c(O)cccc3F)c(Cl)cc2c1N1CCN(C(=O)OC(C)(C)C)CC1. The molecule has 180 valence electrons. The molecule has 0 radical (unpaired) electrons. The van der Waals surface area contributed by atoms with Gasteiger partial charge in [0.15, 0.2) is 0 Å². The molecule has 34 heavy (non-hydrogen) atoms. The van der Waals surface area contributed by atoms with Gasteiger partial charge in [-0.2, -0.15) is 0 Å². The standard InChI is InChI=1S/C25H28ClFN4O3/c1-25(2,3)34-24(33)31-10-8-30(9-11-31)23-16-12-17(26)15(13-19(16)29-14-20(23)28-4)22-18(27)6-5-7-21(22)32/h5-7,12-14,28,32H,8-11H2,1-4H3. The topological polar surface area (TPSA) is 77.9 Å². The van der Waals surface area contributed by atoms with Gasteiger partial charge in [0.2, 0.25) is 0 Å². The Hall–Kier alpha value is -3.26. The van der Waals surface area contributed by atoms with Gasteiger partial charge in [-0.05, 0) is 45.0 Å². The Labute approximate surface area is 203 Å². The molecule has 1 fully saturated rings. The van der Waals surface area contributed by atoms with E-state index in [2.05, 4.69) is 15.2 Å². The lowest BCUT2D eigenvalue weighted by molar-refractivity contribution is 0.0241. The molecule has 9 heteroatoms. The third kappa shape index (κ3) is 4.68. The van der Waals surface area contributed by atoms with Crippen molar-refractivity contribution in [3.05, 3.63) is 47.4 Å². The third-order valence-corrected chi connectivity index (χ3v) is 6.02. The molecule has 3 aromatic rings. The smallest absolute Gasteiger partial charge is 0.410 e. The second-order valence-corrected chi connectivity index (χ2v) is 9.62. The molecule has 2 heterocycles. The number of phenolic OH excluding ortho intramolecular Hbond substituents is 1. The summed E-state index contributed by atoms with van der Waals surface area (Å²) in [4.78, 5) is 20.9. The number of benzene rings is 2. The maximum absolute atomic E-state index is 14.5. The molecule has 1 aromatic heterocycles. The minimum Gasteiger partial charge on any atom is -0.507 e. The number of pyridine rings is 1. The zero-order chi connectivity index (χ0) is 24.6. The van der Waals surface area contributed by atoms with Gasteiger partial charge in [0.05, 0.1) is 28.7 Å². The number of aromatic hydroxyl groups is 1. The molecule has 7 nitrogen and oxygen atoms in total. The molecule has 0 bridgehead atoms. The summed E-state index contributed by atoms with van der Waals surface area (Å²) in [7, 11) is 1.82. The monoisotopic (exact) mass is 486 g/mol. The van der Waals surface area contributed by atoms with Crippen molar-refractivity contribution in [1.82, 2.24) is 9.88 Å². The van der Waals surface area contributed by atoms with Crippen LogP contribution in [-0.4, -0.2) is 59.9 Å². The van der Waals surface area contributed by atoms with Crippen molar-refractivity contribution in [3.63, 3.8) is 0 Å². The number of ether oxygens (including phenoxy) is 1. The van der Waals surface area contributed by atoms with Crippen LogP contribution in [0.3, 0.4) is 0 Å². The van der Waals surface area contributed by atoms with Crippen molar-refractivity contribution in [3.8, 4) is 16.9 Å². The molecule has 0 spiro atoms. The Morgan fingerprint density at radius 2 is 1.91 bits per heavy atom. The number of hydrogen-bond donors (Lipinski definition) is 2. The van der Waals surface area contributed by atoms with E-state index in [0.29, 0.717) is 42.3 Å². The largest absolute Gasteiger partial charge is 0.507 e. The summed E-state index contributed by atoms with van der Waals surface area (Å²) in [5, 5.41) is 14.5. The van der Waals surface area contributed by atoms with Gasteiger partial charge in [0.1, 0.15) is 17.2 Å². The highest BCUT2D eigenvalue weighted by atomic mass is 35.5. The van der Waals surface area contributed by atoms with Crippen LogP contribution in [0.4, 0.5) is 20.6 Å². The van der Waals surface area contributed by atoms with Crippen LogP contribution in [-0.2, 0) is 4.74 Å². The van der Waals surface area contributed by atoms with Crippen molar-refractivity contribution in [2.24, 2.45) is 0 Å². The minimum absolute atomic E-state index is 0.0430. The third-order valence-electron chi connectivity index (χ3n) is 5.71. The van der Waals surface area contributed by atoms with Crippen molar-refractivity contribution < 1.29 is 19.0 Å². The normalized spacial score (nSPS) is 14.4. The van der Waals surface area contributed by atoms with Crippen molar-refractivity contribution in [2.75, 3.05) is 43.4 Å². The number of carbonyl (C=O) groups excluding carboxylic acids is 1. The average molecular weight is 487 g/mol. The molecule has 0 unspecified atom stereocenters. The number of amides is 1. The molecule has 1 amide bonds. The zero-order valence-electron chi connectivity index (χ0n) is 19.7. The summed E-state index contributed by atoms with van der Waals surface area (Å²) in [6.45, 7) is 7.77. The van der Waals surface area contributed by atoms with Crippen molar-refractivity contribution in [1.29, 1.82) is 0 Å². The molecular weight excluding hydrogens is 459 g/mol. The Morgan fingerprint density at radius 1 is 1.21 bits per heavy atom. The lowest BCUT2D eigenvalue weighted by atomic mass is 10.0. The first-order valence-electron chi connectivity index (χ1n) is 11.1.